The van der Waals surface area contributed by atoms with E-state index in [0.717, 1.165) is 16.7 Å². The van der Waals surface area contributed by atoms with Crippen molar-refractivity contribution in [2.75, 3.05) is 13.7 Å². The molecule has 0 spiro atoms. The molecule has 1 atom stereocenters. The monoisotopic (exact) mass is 254 g/mol. The van der Waals surface area contributed by atoms with E-state index in [2.05, 4.69) is 6.58 Å². The quantitative estimate of drug-likeness (QED) is 0.724. The standard InChI is InChI=1S/C17H18O2/c1-14(15-9-5-3-6-10-15)13-19-17(18-2)16-11-7-4-8-12-16/h3-12,17H,1,13H2,2H3. The Labute approximate surface area is 114 Å². The van der Waals surface area contributed by atoms with Crippen LogP contribution in [0.4, 0.5) is 0 Å². The summed E-state index contributed by atoms with van der Waals surface area (Å²) in [4.78, 5) is 0. The summed E-state index contributed by atoms with van der Waals surface area (Å²) in [5.74, 6) is 0. The van der Waals surface area contributed by atoms with Crippen LogP contribution in [0.2, 0.25) is 0 Å². The van der Waals surface area contributed by atoms with Gasteiger partial charge in [0.05, 0.1) is 6.61 Å². The van der Waals surface area contributed by atoms with Crippen LogP contribution in [0, 0.1) is 0 Å². The van der Waals surface area contributed by atoms with Crippen LogP contribution in [0.15, 0.2) is 67.2 Å². The van der Waals surface area contributed by atoms with Crippen molar-refractivity contribution in [3.05, 3.63) is 78.4 Å². The topological polar surface area (TPSA) is 18.5 Å². The minimum absolute atomic E-state index is 0.360. The highest BCUT2D eigenvalue weighted by Crippen LogP contribution is 2.20. The lowest BCUT2D eigenvalue weighted by Gasteiger charge is -2.17. The van der Waals surface area contributed by atoms with Gasteiger partial charge in [0.25, 0.3) is 0 Å². The van der Waals surface area contributed by atoms with E-state index in [-0.39, 0.29) is 6.29 Å². The molecule has 0 bridgehead atoms. The lowest BCUT2D eigenvalue weighted by Crippen LogP contribution is -2.08. The molecule has 0 aliphatic carbocycles. The van der Waals surface area contributed by atoms with Gasteiger partial charge in [0.1, 0.15) is 0 Å². The molecule has 0 heterocycles. The number of hydrogen-bond donors (Lipinski definition) is 0. The Kier molecular flexibility index (Phi) is 4.90. The Balaban J connectivity index is 1.96. The minimum Gasteiger partial charge on any atom is -0.352 e. The highest BCUT2D eigenvalue weighted by atomic mass is 16.7. The zero-order chi connectivity index (χ0) is 13.5. The number of hydrogen-bond acceptors (Lipinski definition) is 2. The van der Waals surface area contributed by atoms with Gasteiger partial charge in [-0.2, -0.15) is 0 Å². The Hall–Kier alpha value is -1.90. The number of ether oxygens (including phenoxy) is 2. The van der Waals surface area contributed by atoms with Crippen LogP contribution in [0.3, 0.4) is 0 Å². The first-order valence-electron chi connectivity index (χ1n) is 6.24. The molecule has 0 aliphatic heterocycles. The lowest BCUT2D eigenvalue weighted by atomic mass is 10.1. The molecule has 2 rings (SSSR count). The second-order valence-electron chi connectivity index (χ2n) is 4.26. The van der Waals surface area contributed by atoms with Gasteiger partial charge in [-0.25, -0.2) is 0 Å². The number of benzene rings is 2. The van der Waals surface area contributed by atoms with Gasteiger partial charge >= 0.3 is 0 Å². The molecule has 2 aromatic carbocycles. The molecule has 2 nitrogen and oxygen atoms in total. The average molecular weight is 254 g/mol. The summed E-state index contributed by atoms with van der Waals surface area (Å²) in [6.45, 7) is 4.49. The largest absolute Gasteiger partial charge is 0.352 e. The molecule has 0 saturated carbocycles. The Bertz CT molecular complexity index is 505. The van der Waals surface area contributed by atoms with Crippen LogP contribution in [0.5, 0.6) is 0 Å². The molecule has 0 aromatic heterocycles. The molecule has 0 aliphatic rings. The summed E-state index contributed by atoms with van der Waals surface area (Å²) >= 11 is 0. The summed E-state index contributed by atoms with van der Waals surface area (Å²) < 4.78 is 11.1. The lowest BCUT2D eigenvalue weighted by molar-refractivity contribution is -0.117. The maximum atomic E-state index is 5.77. The third-order valence-corrected chi connectivity index (χ3v) is 2.88. The van der Waals surface area contributed by atoms with E-state index in [1.165, 1.54) is 0 Å². The summed E-state index contributed by atoms with van der Waals surface area (Å²) in [6, 6.07) is 19.9. The molecule has 98 valence electrons. The van der Waals surface area contributed by atoms with Gasteiger partial charge < -0.3 is 9.47 Å². The minimum atomic E-state index is -0.360. The van der Waals surface area contributed by atoms with Gasteiger partial charge in [0.15, 0.2) is 6.29 Å². The first-order chi connectivity index (χ1) is 9.31. The zero-order valence-electron chi connectivity index (χ0n) is 11.1. The van der Waals surface area contributed by atoms with Gasteiger partial charge in [0.2, 0.25) is 0 Å². The van der Waals surface area contributed by atoms with E-state index in [1.54, 1.807) is 7.11 Å². The van der Waals surface area contributed by atoms with E-state index < -0.39 is 0 Å². The Morgan fingerprint density at radius 1 is 1.00 bits per heavy atom. The SMILES string of the molecule is C=C(COC(OC)c1ccccc1)c1ccccc1. The van der Waals surface area contributed by atoms with Crippen LogP contribution < -0.4 is 0 Å². The highest BCUT2D eigenvalue weighted by molar-refractivity contribution is 5.63. The third kappa shape index (κ3) is 3.78. The van der Waals surface area contributed by atoms with Crippen LogP contribution >= 0.6 is 0 Å². The average Bonchev–Trinajstić information content (AvgIpc) is 2.49. The zero-order valence-corrected chi connectivity index (χ0v) is 11.1. The normalized spacial score (nSPS) is 12.1. The Morgan fingerprint density at radius 2 is 1.58 bits per heavy atom. The molecule has 0 fully saturated rings. The molecule has 0 radical (unpaired) electrons. The molecule has 0 amide bonds. The fraction of sp³-hybridized carbons (Fsp3) is 0.176. The van der Waals surface area contributed by atoms with Crippen molar-refractivity contribution >= 4 is 5.57 Å². The molecule has 0 N–H and O–H groups in total. The summed E-state index contributed by atoms with van der Waals surface area (Å²) in [6.07, 6.45) is -0.360. The van der Waals surface area contributed by atoms with Crippen LogP contribution in [0.1, 0.15) is 17.4 Å². The maximum absolute atomic E-state index is 5.77. The fourth-order valence-corrected chi connectivity index (χ4v) is 1.84. The summed E-state index contributed by atoms with van der Waals surface area (Å²) in [5.41, 5.74) is 3.04. The highest BCUT2D eigenvalue weighted by Gasteiger charge is 2.10. The van der Waals surface area contributed by atoms with Gasteiger partial charge in [0, 0.05) is 12.7 Å². The van der Waals surface area contributed by atoms with Crippen LogP contribution in [0.25, 0.3) is 5.57 Å². The van der Waals surface area contributed by atoms with E-state index in [9.17, 15) is 0 Å². The maximum Gasteiger partial charge on any atom is 0.183 e. The van der Waals surface area contributed by atoms with Crippen molar-refractivity contribution in [3.63, 3.8) is 0 Å². The second kappa shape index (κ2) is 6.88. The molecule has 19 heavy (non-hydrogen) atoms. The first-order valence-corrected chi connectivity index (χ1v) is 6.24. The smallest absolute Gasteiger partial charge is 0.183 e. The van der Waals surface area contributed by atoms with E-state index >= 15 is 0 Å². The van der Waals surface area contributed by atoms with Crippen molar-refractivity contribution < 1.29 is 9.47 Å². The first kappa shape index (κ1) is 13.5. The van der Waals surface area contributed by atoms with Crippen molar-refractivity contribution in [1.29, 1.82) is 0 Å². The fourth-order valence-electron chi connectivity index (χ4n) is 1.84. The molecule has 2 aromatic rings. The van der Waals surface area contributed by atoms with Gasteiger partial charge in [-0.15, -0.1) is 0 Å². The second-order valence-corrected chi connectivity index (χ2v) is 4.26. The van der Waals surface area contributed by atoms with Crippen molar-refractivity contribution in [3.8, 4) is 0 Å². The van der Waals surface area contributed by atoms with Crippen LogP contribution in [-0.2, 0) is 9.47 Å². The van der Waals surface area contributed by atoms with Gasteiger partial charge in [-0.3, -0.25) is 0 Å². The van der Waals surface area contributed by atoms with E-state index in [0.29, 0.717) is 6.61 Å². The molecule has 2 heteroatoms. The predicted octanol–water partition coefficient (Wildman–Crippen LogP) is 4.06. The Morgan fingerprint density at radius 3 is 2.16 bits per heavy atom. The van der Waals surface area contributed by atoms with Gasteiger partial charge in [-0.05, 0) is 11.1 Å². The van der Waals surface area contributed by atoms with E-state index in [1.807, 2.05) is 60.7 Å². The summed E-state index contributed by atoms with van der Waals surface area (Å²) in [7, 11) is 1.64. The van der Waals surface area contributed by atoms with E-state index in [4.69, 9.17) is 9.47 Å². The van der Waals surface area contributed by atoms with Crippen molar-refractivity contribution in [1.82, 2.24) is 0 Å². The predicted molar refractivity (Wildman–Crippen MR) is 77.6 cm³/mol. The number of methoxy groups -OCH3 is 1. The molecular formula is C17H18O2. The van der Waals surface area contributed by atoms with Gasteiger partial charge in [-0.1, -0.05) is 67.2 Å². The molecule has 0 saturated heterocycles. The van der Waals surface area contributed by atoms with Crippen molar-refractivity contribution in [2.45, 2.75) is 6.29 Å². The number of rotatable bonds is 6. The third-order valence-electron chi connectivity index (χ3n) is 2.88. The summed E-state index contributed by atoms with van der Waals surface area (Å²) in [5, 5.41) is 0. The molecular weight excluding hydrogens is 236 g/mol. The molecule has 1 unspecified atom stereocenters. The van der Waals surface area contributed by atoms with Crippen molar-refractivity contribution in [2.24, 2.45) is 0 Å². The van der Waals surface area contributed by atoms with Crippen LogP contribution in [-0.4, -0.2) is 13.7 Å².